The molecule has 5 nitrogen and oxygen atoms in total. The van der Waals surface area contributed by atoms with Crippen molar-refractivity contribution in [3.63, 3.8) is 0 Å². The maximum absolute atomic E-state index is 12.1. The first-order chi connectivity index (χ1) is 7.88. The number of hydrogen-bond acceptors (Lipinski definition) is 3. The molecule has 0 aliphatic heterocycles. The average Bonchev–Trinajstić information content (AvgIpc) is 2.57. The SMILES string of the molecule is CCCC(Br)CNS(=O)(=O)c1c(C)n[nH]c1C. The van der Waals surface area contributed by atoms with Crippen LogP contribution in [0.1, 0.15) is 31.2 Å². The molecule has 1 aromatic rings. The summed E-state index contributed by atoms with van der Waals surface area (Å²) >= 11 is 3.44. The number of alkyl halides is 1. The van der Waals surface area contributed by atoms with Gasteiger partial charge in [-0.05, 0) is 20.3 Å². The Kier molecular flexibility index (Phi) is 5.15. The van der Waals surface area contributed by atoms with Crippen LogP contribution in [-0.4, -0.2) is 30.0 Å². The Bertz CT molecular complexity index is 450. The molecule has 0 aliphatic rings. The number of nitrogens with zero attached hydrogens (tertiary/aromatic N) is 1. The smallest absolute Gasteiger partial charge is 0.244 e. The van der Waals surface area contributed by atoms with E-state index in [1.807, 2.05) is 0 Å². The zero-order valence-electron chi connectivity index (χ0n) is 10.2. The molecule has 0 saturated carbocycles. The van der Waals surface area contributed by atoms with Crippen molar-refractivity contribution >= 4 is 26.0 Å². The third kappa shape index (κ3) is 3.79. The van der Waals surface area contributed by atoms with Gasteiger partial charge in [-0.3, -0.25) is 5.10 Å². The maximum atomic E-state index is 12.1. The number of nitrogens with one attached hydrogen (secondary N) is 2. The van der Waals surface area contributed by atoms with E-state index >= 15 is 0 Å². The summed E-state index contributed by atoms with van der Waals surface area (Å²) in [4.78, 5) is 0.420. The van der Waals surface area contributed by atoms with Gasteiger partial charge in [0.15, 0.2) is 0 Å². The second-order valence-corrected chi connectivity index (χ2v) is 7.00. The molecule has 0 aromatic carbocycles. The van der Waals surface area contributed by atoms with Gasteiger partial charge < -0.3 is 0 Å². The number of aromatic amines is 1. The van der Waals surface area contributed by atoms with E-state index in [-0.39, 0.29) is 9.72 Å². The summed E-state index contributed by atoms with van der Waals surface area (Å²) < 4.78 is 26.7. The van der Waals surface area contributed by atoms with E-state index in [0.29, 0.717) is 17.9 Å². The van der Waals surface area contributed by atoms with Crippen molar-refractivity contribution in [3.05, 3.63) is 11.4 Å². The van der Waals surface area contributed by atoms with Gasteiger partial charge in [0.25, 0.3) is 0 Å². The Balaban J connectivity index is 2.76. The predicted molar refractivity (Wildman–Crippen MR) is 70.9 cm³/mol. The van der Waals surface area contributed by atoms with Gasteiger partial charge in [-0.2, -0.15) is 5.10 Å². The Hall–Kier alpha value is -0.400. The molecule has 0 bridgehead atoms. The molecular formula is C10H18BrN3O2S. The number of aryl methyl sites for hydroxylation is 2. The lowest BCUT2D eigenvalue weighted by molar-refractivity contribution is 0.577. The first kappa shape index (κ1) is 14.7. The molecule has 0 aliphatic carbocycles. The normalized spacial score (nSPS) is 13.9. The molecule has 2 N–H and O–H groups in total. The minimum absolute atomic E-state index is 0.162. The van der Waals surface area contributed by atoms with Gasteiger partial charge in [0.2, 0.25) is 10.0 Å². The van der Waals surface area contributed by atoms with Crippen molar-refractivity contribution in [1.29, 1.82) is 0 Å². The molecule has 1 heterocycles. The number of sulfonamides is 1. The van der Waals surface area contributed by atoms with Gasteiger partial charge >= 0.3 is 0 Å². The molecule has 98 valence electrons. The molecule has 1 atom stereocenters. The molecule has 1 aromatic heterocycles. The van der Waals surface area contributed by atoms with Gasteiger partial charge in [-0.15, -0.1) is 0 Å². The molecule has 0 fully saturated rings. The number of H-pyrrole nitrogens is 1. The Morgan fingerprint density at radius 1 is 1.47 bits per heavy atom. The van der Waals surface area contributed by atoms with E-state index in [4.69, 9.17) is 0 Å². The molecule has 7 heteroatoms. The molecule has 0 radical (unpaired) electrons. The quantitative estimate of drug-likeness (QED) is 0.785. The third-order valence-electron chi connectivity index (χ3n) is 2.43. The van der Waals surface area contributed by atoms with Crippen LogP contribution in [0.5, 0.6) is 0 Å². The second kappa shape index (κ2) is 5.97. The van der Waals surface area contributed by atoms with Crippen LogP contribution in [0.15, 0.2) is 4.90 Å². The summed E-state index contributed by atoms with van der Waals surface area (Å²) in [5.74, 6) is 0. The van der Waals surface area contributed by atoms with E-state index in [9.17, 15) is 8.42 Å². The number of halogens is 1. The zero-order valence-corrected chi connectivity index (χ0v) is 12.7. The average molecular weight is 324 g/mol. The fraction of sp³-hybridized carbons (Fsp3) is 0.700. The minimum atomic E-state index is -3.47. The summed E-state index contributed by atoms with van der Waals surface area (Å²) in [6.07, 6.45) is 1.95. The summed E-state index contributed by atoms with van der Waals surface area (Å²) in [7, 11) is -3.47. The lowest BCUT2D eigenvalue weighted by Crippen LogP contribution is -2.30. The summed E-state index contributed by atoms with van der Waals surface area (Å²) in [6.45, 7) is 5.83. The Labute approximate surface area is 111 Å². The first-order valence-electron chi connectivity index (χ1n) is 5.53. The van der Waals surface area contributed by atoms with Gasteiger partial charge in [0, 0.05) is 11.4 Å². The highest BCUT2D eigenvalue weighted by Crippen LogP contribution is 2.17. The first-order valence-corrected chi connectivity index (χ1v) is 7.93. The van der Waals surface area contributed by atoms with Crippen molar-refractivity contribution < 1.29 is 8.42 Å². The summed E-state index contributed by atoms with van der Waals surface area (Å²) in [5, 5.41) is 6.56. The van der Waals surface area contributed by atoms with E-state index in [1.165, 1.54) is 0 Å². The van der Waals surface area contributed by atoms with Crippen molar-refractivity contribution in [1.82, 2.24) is 14.9 Å². The van der Waals surface area contributed by atoms with E-state index < -0.39 is 10.0 Å². The van der Waals surface area contributed by atoms with Crippen LogP contribution in [0.3, 0.4) is 0 Å². The molecular weight excluding hydrogens is 306 g/mol. The van der Waals surface area contributed by atoms with Gasteiger partial charge in [-0.25, -0.2) is 13.1 Å². The lowest BCUT2D eigenvalue weighted by Gasteiger charge is -2.10. The fourth-order valence-corrected chi connectivity index (χ4v) is 3.91. The zero-order chi connectivity index (χ0) is 13.1. The lowest BCUT2D eigenvalue weighted by atomic mass is 10.2. The van der Waals surface area contributed by atoms with Crippen LogP contribution < -0.4 is 4.72 Å². The maximum Gasteiger partial charge on any atom is 0.244 e. The van der Waals surface area contributed by atoms with Crippen LogP contribution in [0.25, 0.3) is 0 Å². The Morgan fingerprint density at radius 2 is 2.12 bits per heavy atom. The van der Waals surface area contributed by atoms with Crippen molar-refractivity contribution in [2.24, 2.45) is 0 Å². The summed E-state index contributed by atoms with van der Waals surface area (Å²) in [5.41, 5.74) is 1.06. The van der Waals surface area contributed by atoms with Crippen molar-refractivity contribution in [2.45, 2.75) is 43.3 Å². The van der Waals surface area contributed by atoms with E-state index in [1.54, 1.807) is 13.8 Å². The highest BCUT2D eigenvalue weighted by Gasteiger charge is 2.22. The van der Waals surface area contributed by atoms with Crippen molar-refractivity contribution in [3.8, 4) is 0 Å². The second-order valence-electron chi connectivity index (χ2n) is 4.00. The Morgan fingerprint density at radius 3 is 2.59 bits per heavy atom. The van der Waals surface area contributed by atoms with Crippen LogP contribution in [0.2, 0.25) is 0 Å². The highest BCUT2D eigenvalue weighted by molar-refractivity contribution is 9.09. The fourth-order valence-electron chi connectivity index (χ4n) is 1.62. The number of rotatable bonds is 6. The number of aromatic nitrogens is 2. The van der Waals surface area contributed by atoms with Crippen LogP contribution in [0.4, 0.5) is 0 Å². The minimum Gasteiger partial charge on any atom is -0.281 e. The van der Waals surface area contributed by atoms with E-state index in [0.717, 1.165) is 12.8 Å². The molecule has 1 rings (SSSR count). The predicted octanol–water partition coefficient (Wildman–Crippen LogP) is 1.87. The third-order valence-corrected chi connectivity index (χ3v) is 4.89. The van der Waals surface area contributed by atoms with Gasteiger partial charge in [0.05, 0.1) is 11.4 Å². The molecule has 17 heavy (non-hydrogen) atoms. The summed E-state index contributed by atoms with van der Waals surface area (Å²) in [6, 6.07) is 0. The molecule has 0 saturated heterocycles. The highest BCUT2D eigenvalue weighted by atomic mass is 79.9. The molecule has 0 spiro atoms. The molecule has 0 amide bonds. The van der Waals surface area contributed by atoms with Crippen LogP contribution in [-0.2, 0) is 10.0 Å². The standard InChI is InChI=1S/C10H18BrN3O2S/c1-4-5-9(11)6-12-17(15,16)10-7(2)13-14-8(10)3/h9,12H,4-6H2,1-3H3,(H,13,14). The van der Waals surface area contributed by atoms with Crippen LogP contribution in [0, 0.1) is 13.8 Å². The van der Waals surface area contributed by atoms with E-state index in [2.05, 4.69) is 37.8 Å². The number of hydrogen-bond donors (Lipinski definition) is 2. The molecule has 1 unspecified atom stereocenters. The van der Waals surface area contributed by atoms with Crippen LogP contribution >= 0.6 is 15.9 Å². The largest absolute Gasteiger partial charge is 0.281 e. The van der Waals surface area contributed by atoms with Gasteiger partial charge in [-0.1, -0.05) is 29.3 Å². The topological polar surface area (TPSA) is 74.8 Å². The monoisotopic (exact) mass is 323 g/mol. The van der Waals surface area contributed by atoms with Gasteiger partial charge in [0.1, 0.15) is 4.90 Å². The van der Waals surface area contributed by atoms with Crippen molar-refractivity contribution in [2.75, 3.05) is 6.54 Å².